The quantitative estimate of drug-likeness (QED) is 0.768. The molecule has 0 aliphatic rings. The van der Waals surface area contributed by atoms with Crippen LogP contribution in [-0.4, -0.2) is 21.2 Å². The second-order valence-corrected chi connectivity index (χ2v) is 4.95. The van der Waals surface area contributed by atoms with Crippen molar-refractivity contribution in [1.29, 1.82) is 0 Å². The Hall–Kier alpha value is -2.66. The van der Waals surface area contributed by atoms with Crippen LogP contribution in [0.1, 0.15) is 30.3 Å². The lowest BCUT2D eigenvalue weighted by molar-refractivity contribution is -0.132. The van der Waals surface area contributed by atoms with Gasteiger partial charge in [-0.2, -0.15) is 0 Å². The van der Waals surface area contributed by atoms with Crippen molar-refractivity contribution in [1.82, 2.24) is 4.98 Å². The Morgan fingerprint density at radius 2 is 1.96 bits per heavy atom. The maximum Gasteiger partial charge on any atom is 0.331 e. The number of nitrogens with zero attached hydrogens (tertiary/aromatic N) is 1. The first-order valence-corrected chi connectivity index (χ1v) is 7.35. The minimum absolute atomic E-state index is 0.214. The van der Waals surface area contributed by atoms with Crippen LogP contribution in [-0.2, 0) is 18.0 Å². The highest BCUT2D eigenvalue weighted by atomic mass is 16.5. The SMILES string of the molecule is CC/C(=C\c1nc(CO)ccc1OCc1ccccc1)C(=O)O. The summed E-state index contributed by atoms with van der Waals surface area (Å²) in [7, 11) is 0. The maximum atomic E-state index is 11.2. The van der Waals surface area contributed by atoms with E-state index in [1.165, 1.54) is 6.08 Å². The van der Waals surface area contributed by atoms with Crippen molar-refractivity contribution >= 4 is 12.0 Å². The maximum absolute atomic E-state index is 11.2. The van der Waals surface area contributed by atoms with Crippen LogP contribution in [0.2, 0.25) is 0 Å². The number of benzene rings is 1. The Balaban J connectivity index is 2.29. The highest BCUT2D eigenvalue weighted by Gasteiger charge is 2.10. The summed E-state index contributed by atoms with van der Waals surface area (Å²) in [6.45, 7) is 1.91. The lowest BCUT2D eigenvalue weighted by Crippen LogP contribution is -2.03. The van der Waals surface area contributed by atoms with Crippen molar-refractivity contribution in [3.8, 4) is 5.75 Å². The fourth-order valence-electron chi connectivity index (χ4n) is 2.03. The predicted octanol–water partition coefficient (Wildman–Crippen LogP) is 3.03. The van der Waals surface area contributed by atoms with Crippen molar-refractivity contribution in [3.63, 3.8) is 0 Å². The molecule has 1 heterocycles. The van der Waals surface area contributed by atoms with E-state index in [0.717, 1.165) is 5.56 Å². The van der Waals surface area contributed by atoms with Gasteiger partial charge in [-0.3, -0.25) is 0 Å². The zero-order chi connectivity index (χ0) is 16.7. The molecule has 2 N–H and O–H groups in total. The number of aliphatic hydroxyl groups excluding tert-OH is 1. The fourth-order valence-corrected chi connectivity index (χ4v) is 2.03. The van der Waals surface area contributed by atoms with E-state index in [0.29, 0.717) is 30.2 Å². The molecule has 2 aromatic rings. The second kappa shape index (κ2) is 8.10. The number of aliphatic hydroxyl groups is 1. The van der Waals surface area contributed by atoms with Gasteiger partial charge in [0.25, 0.3) is 0 Å². The molecule has 0 fully saturated rings. The average molecular weight is 313 g/mol. The van der Waals surface area contributed by atoms with E-state index in [2.05, 4.69) is 4.98 Å². The van der Waals surface area contributed by atoms with Gasteiger partial charge in [0.05, 0.1) is 12.3 Å². The third-order valence-corrected chi connectivity index (χ3v) is 3.31. The van der Waals surface area contributed by atoms with Gasteiger partial charge in [0.15, 0.2) is 0 Å². The minimum Gasteiger partial charge on any atom is -0.487 e. The molecule has 5 heteroatoms. The standard InChI is InChI=1S/C18H19NO4/c1-2-14(18(21)22)10-16-17(9-8-15(11-20)19-16)23-12-13-6-4-3-5-7-13/h3-10,20H,2,11-12H2,1H3,(H,21,22)/b14-10+. The van der Waals surface area contributed by atoms with E-state index in [1.54, 1.807) is 19.1 Å². The zero-order valence-corrected chi connectivity index (χ0v) is 12.9. The summed E-state index contributed by atoms with van der Waals surface area (Å²) in [4.78, 5) is 15.5. The number of carbonyl (C=O) groups is 1. The number of aliphatic carboxylic acids is 1. The van der Waals surface area contributed by atoms with Crippen molar-refractivity contribution in [2.24, 2.45) is 0 Å². The summed E-state index contributed by atoms with van der Waals surface area (Å²) in [5.74, 6) is -0.504. The first-order valence-electron chi connectivity index (χ1n) is 7.35. The third kappa shape index (κ3) is 4.66. The first kappa shape index (κ1) is 16.7. The van der Waals surface area contributed by atoms with E-state index in [1.807, 2.05) is 30.3 Å². The van der Waals surface area contributed by atoms with Gasteiger partial charge in [-0.25, -0.2) is 9.78 Å². The number of hydrogen-bond donors (Lipinski definition) is 2. The van der Waals surface area contributed by atoms with Crippen molar-refractivity contribution in [2.45, 2.75) is 26.6 Å². The molecule has 0 atom stereocenters. The van der Waals surface area contributed by atoms with Crippen LogP contribution in [0.4, 0.5) is 0 Å². The molecule has 1 aromatic carbocycles. The Kier molecular flexibility index (Phi) is 5.88. The number of ether oxygens (including phenoxy) is 1. The van der Waals surface area contributed by atoms with Crippen LogP contribution in [0.25, 0.3) is 6.08 Å². The molecule has 0 spiro atoms. The van der Waals surface area contributed by atoms with E-state index in [4.69, 9.17) is 4.74 Å². The average Bonchev–Trinajstić information content (AvgIpc) is 2.58. The molecule has 0 aliphatic carbocycles. The van der Waals surface area contributed by atoms with Crippen molar-refractivity contribution in [2.75, 3.05) is 0 Å². The Morgan fingerprint density at radius 1 is 1.22 bits per heavy atom. The number of pyridine rings is 1. The molecule has 0 bridgehead atoms. The molecule has 1 aromatic heterocycles. The van der Waals surface area contributed by atoms with Crippen molar-refractivity contribution < 1.29 is 19.7 Å². The van der Waals surface area contributed by atoms with Gasteiger partial charge in [0.2, 0.25) is 0 Å². The van der Waals surface area contributed by atoms with Gasteiger partial charge in [0.1, 0.15) is 18.1 Å². The first-order chi connectivity index (χ1) is 11.1. The van der Waals surface area contributed by atoms with Crippen LogP contribution in [0.15, 0.2) is 48.0 Å². The molecular weight excluding hydrogens is 294 g/mol. The Labute approximate surface area is 134 Å². The van der Waals surface area contributed by atoms with Gasteiger partial charge in [-0.05, 0) is 30.2 Å². The van der Waals surface area contributed by atoms with E-state index in [-0.39, 0.29) is 12.2 Å². The topological polar surface area (TPSA) is 79.7 Å². The Morgan fingerprint density at radius 3 is 2.57 bits per heavy atom. The number of hydrogen-bond acceptors (Lipinski definition) is 4. The summed E-state index contributed by atoms with van der Waals surface area (Å²) >= 11 is 0. The molecule has 120 valence electrons. The highest BCUT2D eigenvalue weighted by molar-refractivity contribution is 5.92. The molecule has 0 radical (unpaired) electrons. The molecule has 0 saturated heterocycles. The summed E-state index contributed by atoms with van der Waals surface area (Å²) in [6, 6.07) is 13.0. The van der Waals surface area contributed by atoms with Crippen LogP contribution in [0.3, 0.4) is 0 Å². The highest BCUT2D eigenvalue weighted by Crippen LogP contribution is 2.22. The molecule has 0 amide bonds. The normalized spacial score (nSPS) is 11.3. The van der Waals surface area contributed by atoms with Crippen LogP contribution < -0.4 is 4.74 Å². The molecule has 2 rings (SSSR count). The van der Waals surface area contributed by atoms with E-state index in [9.17, 15) is 15.0 Å². The van der Waals surface area contributed by atoms with Gasteiger partial charge in [-0.1, -0.05) is 37.3 Å². The summed E-state index contributed by atoms with van der Waals surface area (Å²) in [5, 5.41) is 18.4. The number of rotatable bonds is 7. The number of aromatic nitrogens is 1. The zero-order valence-electron chi connectivity index (χ0n) is 12.9. The van der Waals surface area contributed by atoms with Crippen molar-refractivity contribution in [3.05, 3.63) is 65.0 Å². The Bertz CT molecular complexity index is 695. The van der Waals surface area contributed by atoms with E-state index >= 15 is 0 Å². The molecule has 0 saturated carbocycles. The smallest absolute Gasteiger partial charge is 0.331 e. The van der Waals surface area contributed by atoms with Crippen LogP contribution >= 0.6 is 0 Å². The summed E-state index contributed by atoms with van der Waals surface area (Å²) in [5.41, 5.74) is 2.11. The van der Waals surface area contributed by atoms with Crippen LogP contribution in [0.5, 0.6) is 5.75 Å². The van der Waals surface area contributed by atoms with E-state index < -0.39 is 5.97 Å². The lowest BCUT2D eigenvalue weighted by Gasteiger charge is -2.10. The number of carboxylic acid groups (broad SMARTS) is 1. The number of carboxylic acids is 1. The summed E-state index contributed by atoms with van der Waals surface area (Å²) < 4.78 is 5.77. The van der Waals surface area contributed by atoms with Gasteiger partial charge < -0.3 is 14.9 Å². The molecule has 23 heavy (non-hydrogen) atoms. The van der Waals surface area contributed by atoms with Gasteiger partial charge in [0, 0.05) is 5.57 Å². The molecule has 5 nitrogen and oxygen atoms in total. The fraction of sp³-hybridized carbons (Fsp3) is 0.222. The predicted molar refractivity (Wildman–Crippen MR) is 86.8 cm³/mol. The summed E-state index contributed by atoms with van der Waals surface area (Å²) in [6.07, 6.45) is 1.86. The molecule has 0 unspecified atom stereocenters. The molecular formula is C18H19NO4. The van der Waals surface area contributed by atoms with Gasteiger partial charge in [-0.15, -0.1) is 0 Å². The minimum atomic E-state index is -0.988. The van der Waals surface area contributed by atoms with Gasteiger partial charge >= 0.3 is 5.97 Å². The molecule has 0 aliphatic heterocycles. The van der Waals surface area contributed by atoms with Crippen LogP contribution in [0, 0.1) is 0 Å². The third-order valence-electron chi connectivity index (χ3n) is 3.31. The second-order valence-electron chi connectivity index (χ2n) is 4.95. The largest absolute Gasteiger partial charge is 0.487 e. The lowest BCUT2D eigenvalue weighted by atomic mass is 10.1. The monoisotopic (exact) mass is 313 g/mol.